The van der Waals surface area contributed by atoms with Gasteiger partial charge in [0.05, 0.1) is 6.54 Å². The number of allylic oxidation sites excluding steroid dienone is 3. The van der Waals surface area contributed by atoms with E-state index in [1.807, 2.05) is 26.8 Å². The molecule has 0 aliphatic rings. The average molecular weight is 505 g/mol. The van der Waals surface area contributed by atoms with Crippen LogP contribution in [-0.2, 0) is 17.8 Å². The quantitative estimate of drug-likeness (QED) is 0.141. The Balaban J connectivity index is 2.10. The number of rotatable bonds is 11. The van der Waals surface area contributed by atoms with Crippen molar-refractivity contribution in [1.29, 1.82) is 0 Å². The maximum Gasteiger partial charge on any atom is 0.278 e. The van der Waals surface area contributed by atoms with Crippen molar-refractivity contribution in [2.45, 2.75) is 46.7 Å². The number of fused-ring (bicyclic) bond motifs is 1. The minimum atomic E-state index is -0.276. The molecule has 10 nitrogen and oxygen atoms in total. The molecular weight excluding hydrogens is 468 g/mol. The fraction of sp³-hybridized carbons (Fsp3) is 0.370. The summed E-state index contributed by atoms with van der Waals surface area (Å²) in [6.07, 6.45) is 8.26. The Morgan fingerprint density at radius 1 is 1.30 bits per heavy atom. The molecule has 0 radical (unpaired) electrons. The molecule has 0 saturated heterocycles. The fourth-order valence-electron chi connectivity index (χ4n) is 3.81. The summed E-state index contributed by atoms with van der Waals surface area (Å²) in [5.74, 6) is 0.705. The Bertz CT molecular complexity index is 1380. The second-order valence-corrected chi connectivity index (χ2v) is 9.28. The highest BCUT2D eigenvalue weighted by Crippen LogP contribution is 2.20. The third kappa shape index (κ3) is 6.39. The monoisotopic (exact) mass is 504 g/mol. The van der Waals surface area contributed by atoms with Crippen LogP contribution in [0.5, 0.6) is 0 Å². The number of nitrogens with zero attached hydrogens (tertiary/aromatic N) is 7. The summed E-state index contributed by atoms with van der Waals surface area (Å²) in [5.41, 5.74) is 3.39. The summed E-state index contributed by atoms with van der Waals surface area (Å²) in [6.45, 7) is 12.6. The summed E-state index contributed by atoms with van der Waals surface area (Å²) < 4.78 is 3.07. The zero-order chi connectivity index (χ0) is 27.1. The van der Waals surface area contributed by atoms with Crippen LogP contribution in [-0.4, -0.2) is 68.2 Å². The molecule has 1 N–H and O–H groups in total. The number of aryl methyl sites for hydroxylation is 1. The van der Waals surface area contributed by atoms with Crippen molar-refractivity contribution in [1.82, 2.24) is 29.2 Å². The molecule has 1 amide bonds. The summed E-state index contributed by atoms with van der Waals surface area (Å²) in [7, 11) is 4.12. The summed E-state index contributed by atoms with van der Waals surface area (Å²) in [4.78, 5) is 36.1. The molecule has 0 fully saturated rings. The van der Waals surface area contributed by atoms with Gasteiger partial charge in [-0.3, -0.25) is 9.59 Å². The van der Waals surface area contributed by atoms with E-state index in [1.54, 1.807) is 22.9 Å². The van der Waals surface area contributed by atoms with Crippen molar-refractivity contribution in [2.24, 2.45) is 5.10 Å². The van der Waals surface area contributed by atoms with Crippen LogP contribution >= 0.6 is 0 Å². The third-order valence-electron chi connectivity index (χ3n) is 5.79. The van der Waals surface area contributed by atoms with Crippen LogP contribution in [0.3, 0.4) is 0 Å². The Morgan fingerprint density at radius 3 is 2.65 bits per heavy atom. The van der Waals surface area contributed by atoms with E-state index in [1.165, 1.54) is 27.0 Å². The zero-order valence-electron chi connectivity index (χ0n) is 22.5. The van der Waals surface area contributed by atoms with Gasteiger partial charge >= 0.3 is 0 Å². The Morgan fingerprint density at radius 2 is 2.05 bits per heavy atom. The van der Waals surface area contributed by atoms with Crippen molar-refractivity contribution in [2.75, 3.05) is 26.0 Å². The lowest BCUT2D eigenvalue weighted by molar-refractivity contribution is -0.119. The molecule has 196 valence electrons. The predicted octanol–water partition coefficient (Wildman–Crippen LogP) is 3.54. The molecule has 3 aromatic rings. The number of likely N-dealkylation sites (N-methyl/N-ethyl adjacent to an activating group) is 1. The van der Waals surface area contributed by atoms with E-state index >= 15 is 0 Å². The van der Waals surface area contributed by atoms with E-state index in [9.17, 15) is 9.59 Å². The Hall–Kier alpha value is -4.05. The van der Waals surface area contributed by atoms with E-state index in [-0.39, 0.29) is 18.1 Å². The smallest absolute Gasteiger partial charge is 0.278 e. The molecule has 37 heavy (non-hydrogen) atoms. The largest absolute Gasteiger partial charge is 0.324 e. The number of nitrogens with one attached hydrogen (secondary N) is 1. The molecule has 1 aromatic carbocycles. The van der Waals surface area contributed by atoms with Gasteiger partial charge in [-0.25, -0.2) is 19.4 Å². The van der Waals surface area contributed by atoms with Crippen LogP contribution in [0.15, 0.2) is 59.1 Å². The van der Waals surface area contributed by atoms with E-state index in [0.717, 1.165) is 18.7 Å². The lowest BCUT2D eigenvalue weighted by Crippen LogP contribution is -2.31. The molecule has 2 heterocycles. The number of amides is 1. The average Bonchev–Trinajstić information content (AvgIpc) is 3.12. The number of carbonyl (C=O) groups excluding carboxylic acids is 1. The molecular formula is C27H36N8O2. The molecule has 10 heteroatoms. The summed E-state index contributed by atoms with van der Waals surface area (Å²) >= 11 is 0. The van der Waals surface area contributed by atoms with Gasteiger partial charge < -0.3 is 10.2 Å². The molecule has 0 spiro atoms. The number of carbonyl (C=O) groups is 1. The first-order valence-electron chi connectivity index (χ1n) is 12.3. The lowest BCUT2D eigenvalue weighted by Gasteiger charge is -2.18. The maximum atomic E-state index is 13.2. The molecule has 0 aliphatic carbocycles. The Kier molecular flexibility index (Phi) is 9.13. The predicted molar refractivity (Wildman–Crippen MR) is 149 cm³/mol. The van der Waals surface area contributed by atoms with Gasteiger partial charge in [-0.2, -0.15) is 10.1 Å². The second-order valence-electron chi connectivity index (χ2n) is 9.28. The fourth-order valence-corrected chi connectivity index (χ4v) is 3.81. The second kappa shape index (κ2) is 12.3. The third-order valence-corrected chi connectivity index (χ3v) is 5.79. The van der Waals surface area contributed by atoms with Gasteiger partial charge in [-0.05, 0) is 77.5 Å². The summed E-state index contributed by atoms with van der Waals surface area (Å²) in [6, 6.07) is 5.99. The van der Waals surface area contributed by atoms with Crippen molar-refractivity contribution in [3.05, 3.63) is 70.7 Å². The van der Waals surface area contributed by atoms with Crippen molar-refractivity contribution in [3.8, 4) is 0 Å². The lowest BCUT2D eigenvalue weighted by atomic mass is 10.0. The van der Waals surface area contributed by atoms with E-state index < -0.39 is 0 Å². The van der Waals surface area contributed by atoms with Gasteiger partial charge in [0.1, 0.15) is 5.39 Å². The highest BCUT2D eigenvalue weighted by Gasteiger charge is 2.19. The Labute approximate surface area is 217 Å². The van der Waals surface area contributed by atoms with Crippen LogP contribution in [0.1, 0.15) is 31.9 Å². The molecule has 0 saturated carbocycles. The first-order valence-corrected chi connectivity index (χ1v) is 12.3. The minimum absolute atomic E-state index is 0.171. The van der Waals surface area contributed by atoms with Gasteiger partial charge in [-0.15, -0.1) is 6.58 Å². The summed E-state index contributed by atoms with van der Waals surface area (Å²) in [5, 5.41) is 9.39. The molecule has 0 unspecified atom stereocenters. The van der Waals surface area contributed by atoms with Crippen molar-refractivity contribution >= 4 is 34.9 Å². The van der Waals surface area contributed by atoms with Crippen molar-refractivity contribution in [3.63, 3.8) is 0 Å². The van der Waals surface area contributed by atoms with Gasteiger partial charge in [0.2, 0.25) is 12.4 Å². The number of benzene rings is 1. The first kappa shape index (κ1) is 27.5. The van der Waals surface area contributed by atoms with E-state index in [0.29, 0.717) is 29.2 Å². The van der Waals surface area contributed by atoms with E-state index in [2.05, 4.69) is 65.0 Å². The maximum absolute atomic E-state index is 13.2. The molecule has 0 aliphatic heterocycles. The first-order chi connectivity index (χ1) is 17.7. The van der Waals surface area contributed by atoms with Crippen molar-refractivity contribution < 1.29 is 4.79 Å². The van der Waals surface area contributed by atoms with E-state index in [4.69, 9.17) is 0 Å². The van der Waals surface area contributed by atoms with Gasteiger partial charge in [0.25, 0.3) is 5.56 Å². The number of aromatic nitrogens is 4. The van der Waals surface area contributed by atoms with Crippen LogP contribution < -0.4 is 10.9 Å². The van der Waals surface area contributed by atoms with Crippen LogP contribution in [0.2, 0.25) is 0 Å². The number of hydrazone groups is 1. The van der Waals surface area contributed by atoms with Gasteiger partial charge in [0, 0.05) is 24.5 Å². The number of anilines is 2. The normalized spacial score (nSPS) is 12.2. The molecule has 2 aromatic heterocycles. The topological polar surface area (TPSA) is 101 Å². The minimum Gasteiger partial charge on any atom is -0.324 e. The highest BCUT2D eigenvalue weighted by atomic mass is 16.1. The number of hydrogen-bond donors (Lipinski definition) is 1. The molecule has 0 bridgehead atoms. The number of hydrogen-bond acceptors (Lipinski definition) is 7. The van der Waals surface area contributed by atoms with Crippen LogP contribution in [0, 0.1) is 6.92 Å². The van der Waals surface area contributed by atoms with Gasteiger partial charge in [0.15, 0.2) is 11.5 Å². The van der Waals surface area contributed by atoms with Crippen LogP contribution in [0.4, 0.5) is 11.6 Å². The zero-order valence-corrected chi connectivity index (χ0v) is 22.5. The van der Waals surface area contributed by atoms with Crippen LogP contribution in [0.25, 0.3) is 11.0 Å². The van der Waals surface area contributed by atoms with Gasteiger partial charge in [-0.1, -0.05) is 18.2 Å². The SMILES string of the molecule is C=CCn1c(=O)c2cnc(Nc3ccc(CCN(C)C)c(C)c3)nc2n1C(/C=C\C)=N/N(C=O)C(C)C. The molecule has 3 rings (SSSR count). The molecule has 0 atom stereocenters. The highest BCUT2D eigenvalue weighted by molar-refractivity contribution is 5.99. The standard InChI is InChI=1S/C27H36N8O2/c1-8-10-24(31-33(18-36)19(3)4)35-25-23(26(37)34(35)14-9-2)17-28-27(30-25)29-22-12-11-21(20(5)16-22)13-15-32(6)7/h8-12,16-19H,2,13-15H2,1,3-7H3,(H,28,29,30)/b10-8-,31-24+.